The molecule has 1 aromatic carbocycles. The standard InChI is InChI=1S/C19H23N3O3.ClH/c1-12-4-5-13(18(23)21-15-8-6-14(20)7-9-15)11-16(12)22-19(24)17-3-2-10-25-17;/h2-5,10-11,14-15H,6-9,20H2,1H3,(H,21,23)(H,22,24);1H. The van der Waals surface area contributed by atoms with Gasteiger partial charge in [-0.25, -0.2) is 0 Å². The van der Waals surface area contributed by atoms with E-state index in [-0.39, 0.29) is 42.1 Å². The van der Waals surface area contributed by atoms with Gasteiger partial charge in [-0.1, -0.05) is 6.07 Å². The summed E-state index contributed by atoms with van der Waals surface area (Å²) in [4.78, 5) is 24.6. The maximum absolute atomic E-state index is 12.5. The highest BCUT2D eigenvalue weighted by Crippen LogP contribution is 2.20. The Labute approximate surface area is 158 Å². The zero-order valence-electron chi connectivity index (χ0n) is 14.7. The lowest BCUT2D eigenvalue weighted by molar-refractivity contribution is 0.0924. The number of aryl methyl sites for hydroxylation is 1. The molecule has 1 saturated carbocycles. The van der Waals surface area contributed by atoms with Crippen LogP contribution in [0.5, 0.6) is 0 Å². The van der Waals surface area contributed by atoms with Crippen LogP contribution >= 0.6 is 12.4 Å². The topological polar surface area (TPSA) is 97.4 Å². The predicted molar refractivity (Wildman–Crippen MR) is 103 cm³/mol. The van der Waals surface area contributed by atoms with Gasteiger partial charge < -0.3 is 20.8 Å². The van der Waals surface area contributed by atoms with Crippen LogP contribution in [0.4, 0.5) is 5.69 Å². The Kier molecular flexibility index (Phi) is 6.83. The fraction of sp³-hybridized carbons (Fsp3) is 0.368. The van der Waals surface area contributed by atoms with Crippen LogP contribution in [0.1, 0.15) is 52.2 Å². The van der Waals surface area contributed by atoms with Crippen LogP contribution in [-0.2, 0) is 0 Å². The van der Waals surface area contributed by atoms with Crippen molar-refractivity contribution < 1.29 is 14.0 Å². The smallest absolute Gasteiger partial charge is 0.291 e. The van der Waals surface area contributed by atoms with Crippen molar-refractivity contribution in [3.63, 3.8) is 0 Å². The van der Waals surface area contributed by atoms with E-state index < -0.39 is 0 Å². The number of nitrogens with two attached hydrogens (primary N) is 1. The Hall–Kier alpha value is -2.31. The van der Waals surface area contributed by atoms with Crippen molar-refractivity contribution in [3.05, 3.63) is 53.5 Å². The molecule has 6 nitrogen and oxygen atoms in total. The zero-order chi connectivity index (χ0) is 17.8. The molecule has 0 unspecified atom stereocenters. The van der Waals surface area contributed by atoms with E-state index in [2.05, 4.69) is 10.6 Å². The van der Waals surface area contributed by atoms with E-state index in [0.717, 1.165) is 31.2 Å². The Bertz CT molecular complexity index is 753. The molecule has 1 aromatic heterocycles. The summed E-state index contributed by atoms with van der Waals surface area (Å²) in [5, 5.41) is 5.85. The Morgan fingerprint density at radius 2 is 1.85 bits per heavy atom. The van der Waals surface area contributed by atoms with E-state index >= 15 is 0 Å². The van der Waals surface area contributed by atoms with E-state index in [4.69, 9.17) is 10.2 Å². The third-order valence-corrected chi connectivity index (χ3v) is 4.60. The lowest BCUT2D eigenvalue weighted by Gasteiger charge is -2.26. The monoisotopic (exact) mass is 377 g/mol. The number of furan rings is 1. The van der Waals surface area contributed by atoms with Crippen molar-refractivity contribution in [2.75, 3.05) is 5.32 Å². The SMILES string of the molecule is Cc1ccc(C(=O)NC2CCC(N)CC2)cc1NC(=O)c1ccco1.Cl. The van der Waals surface area contributed by atoms with Gasteiger partial charge >= 0.3 is 0 Å². The fourth-order valence-electron chi connectivity index (χ4n) is 3.02. The maximum Gasteiger partial charge on any atom is 0.291 e. The van der Waals surface area contributed by atoms with Gasteiger partial charge in [0, 0.05) is 23.3 Å². The van der Waals surface area contributed by atoms with E-state index in [1.807, 2.05) is 13.0 Å². The summed E-state index contributed by atoms with van der Waals surface area (Å²) in [5.41, 5.74) is 7.90. The Balaban J connectivity index is 0.00000243. The second-order valence-electron chi connectivity index (χ2n) is 6.55. The van der Waals surface area contributed by atoms with Crippen LogP contribution < -0.4 is 16.4 Å². The number of benzene rings is 1. The first kappa shape index (κ1) is 20.0. The van der Waals surface area contributed by atoms with Crippen LogP contribution in [0.25, 0.3) is 0 Å². The largest absolute Gasteiger partial charge is 0.459 e. The second kappa shape index (κ2) is 8.87. The van der Waals surface area contributed by atoms with Gasteiger partial charge in [0.05, 0.1) is 6.26 Å². The zero-order valence-corrected chi connectivity index (χ0v) is 15.5. The average molecular weight is 378 g/mol. The molecule has 1 heterocycles. The summed E-state index contributed by atoms with van der Waals surface area (Å²) in [6, 6.07) is 8.94. The van der Waals surface area contributed by atoms with Crippen LogP contribution in [0.15, 0.2) is 41.0 Å². The summed E-state index contributed by atoms with van der Waals surface area (Å²) in [5.74, 6) is -0.242. The minimum atomic E-state index is -0.341. The molecule has 0 aliphatic heterocycles. The van der Waals surface area contributed by atoms with E-state index in [9.17, 15) is 9.59 Å². The molecule has 0 radical (unpaired) electrons. The van der Waals surface area contributed by atoms with Crippen molar-refractivity contribution in [1.29, 1.82) is 0 Å². The number of hydrogen-bond acceptors (Lipinski definition) is 4. The molecule has 140 valence electrons. The molecule has 1 aliphatic carbocycles. The van der Waals surface area contributed by atoms with Crippen molar-refractivity contribution in [2.45, 2.75) is 44.7 Å². The summed E-state index contributed by atoms with van der Waals surface area (Å²) >= 11 is 0. The average Bonchev–Trinajstić information content (AvgIpc) is 3.13. The molecular weight excluding hydrogens is 354 g/mol. The fourth-order valence-corrected chi connectivity index (χ4v) is 3.02. The number of amides is 2. The molecule has 0 spiro atoms. The number of halogens is 1. The Morgan fingerprint density at radius 3 is 2.50 bits per heavy atom. The molecule has 0 bridgehead atoms. The predicted octanol–water partition coefficient (Wildman–Crippen LogP) is 3.26. The number of anilines is 1. The Morgan fingerprint density at radius 1 is 1.12 bits per heavy atom. The van der Waals surface area contributed by atoms with Crippen LogP contribution in [0, 0.1) is 6.92 Å². The molecule has 2 amide bonds. The van der Waals surface area contributed by atoms with Gasteiger partial charge in [-0.2, -0.15) is 0 Å². The minimum absolute atomic E-state index is 0. The first-order valence-electron chi connectivity index (χ1n) is 8.55. The van der Waals surface area contributed by atoms with Crippen molar-refractivity contribution in [2.24, 2.45) is 5.73 Å². The number of carbonyl (C=O) groups is 2. The maximum atomic E-state index is 12.5. The van der Waals surface area contributed by atoms with Crippen molar-refractivity contribution in [3.8, 4) is 0 Å². The number of hydrogen-bond donors (Lipinski definition) is 3. The molecular formula is C19H24ClN3O3. The number of carbonyl (C=O) groups excluding carboxylic acids is 2. The van der Waals surface area contributed by atoms with Gasteiger partial charge in [0.2, 0.25) is 0 Å². The number of rotatable bonds is 4. The molecule has 0 atom stereocenters. The molecule has 0 saturated heterocycles. The lowest BCUT2D eigenvalue weighted by atomic mass is 9.91. The van der Waals surface area contributed by atoms with Gasteiger partial charge in [0.25, 0.3) is 11.8 Å². The highest BCUT2D eigenvalue weighted by atomic mass is 35.5. The molecule has 7 heteroatoms. The van der Waals surface area contributed by atoms with Gasteiger partial charge in [0.15, 0.2) is 5.76 Å². The summed E-state index contributed by atoms with van der Waals surface area (Å²) < 4.78 is 5.09. The van der Waals surface area contributed by atoms with Gasteiger partial charge in [-0.05, 0) is 62.4 Å². The lowest BCUT2D eigenvalue weighted by Crippen LogP contribution is -2.40. The molecule has 2 aromatic rings. The highest BCUT2D eigenvalue weighted by Gasteiger charge is 2.21. The van der Waals surface area contributed by atoms with Crippen LogP contribution in [-0.4, -0.2) is 23.9 Å². The normalized spacial score (nSPS) is 19.3. The first-order chi connectivity index (χ1) is 12.0. The highest BCUT2D eigenvalue weighted by molar-refractivity contribution is 6.04. The third-order valence-electron chi connectivity index (χ3n) is 4.60. The molecule has 1 fully saturated rings. The van der Waals surface area contributed by atoms with Crippen molar-refractivity contribution in [1.82, 2.24) is 5.32 Å². The van der Waals surface area contributed by atoms with E-state index in [1.54, 1.807) is 24.3 Å². The third kappa shape index (κ3) is 4.86. The quantitative estimate of drug-likeness (QED) is 0.761. The second-order valence-corrected chi connectivity index (χ2v) is 6.55. The molecule has 4 N–H and O–H groups in total. The van der Waals surface area contributed by atoms with Gasteiger partial charge in [0.1, 0.15) is 0 Å². The first-order valence-corrected chi connectivity index (χ1v) is 8.55. The summed E-state index contributed by atoms with van der Waals surface area (Å²) in [6.45, 7) is 1.88. The summed E-state index contributed by atoms with van der Waals surface area (Å²) in [6.07, 6.45) is 5.12. The van der Waals surface area contributed by atoms with Crippen LogP contribution in [0.2, 0.25) is 0 Å². The minimum Gasteiger partial charge on any atom is -0.459 e. The number of nitrogens with one attached hydrogen (secondary N) is 2. The van der Waals surface area contributed by atoms with E-state index in [1.165, 1.54) is 6.26 Å². The summed E-state index contributed by atoms with van der Waals surface area (Å²) in [7, 11) is 0. The van der Waals surface area contributed by atoms with Crippen molar-refractivity contribution >= 4 is 29.9 Å². The van der Waals surface area contributed by atoms with E-state index in [0.29, 0.717) is 11.3 Å². The van der Waals surface area contributed by atoms with Gasteiger partial charge in [-0.3, -0.25) is 9.59 Å². The molecule has 3 rings (SSSR count). The molecule has 26 heavy (non-hydrogen) atoms. The van der Waals surface area contributed by atoms with Crippen LogP contribution in [0.3, 0.4) is 0 Å². The van der Waals surface area contributed by atoms with Gasteiger partial charge in [-0.15, -0.1) is 12.4 Å². The molecule has 1 aliphatic rings.